The van der Waals surface area contributed by atoms with Crippen molar-refractivity contribution in [1.29, 1.82) is 0 Å². The molecule has 0 aliphatic carbocycles. The monoisotopic (exact) mass is 323 g/mol. The van der Waals surface area contributed by atoms with Crippen LogP contribution < -0.4 is 10.6 Å². The summed E-state index contributed by atoms with van der Waals surface area (Å²) >= 11 is 0. The number of aromatic nitrogens is 1. The Morgan fingerprint density at radius 2 is 2.08 bits per heavy atom. The molecule has 2 N–H and O–H groups in total. The fourth-order valence-electron chi connectivity index (χ4n) is 2.78. The number of nitrogens with one attached hydrogen (secondary N) is 2. The third kappa shape index (κ3) is 4.19. The van der Waals surface area contributed by atoms with E-state index < -0.39 is 0 Å². The van der Waals surface area contributed by atoms with Gasteiger partial charge in [-0.05, 0) is 48.6 Å². The molecule has 0 saturated heterocycles. The molecule has 0 spiro atoms. The summed E-state index contributed by atoms with van der Waals surface area (Å²) in [6.07, 6.45) is 4.36. The standard InChI is InChI=1S/C19H21N3O2/c1-13-5-6-15(11-20-13)12-21-18(23)4-2-3-14-7-8-17-16(9-14)10-19(24)22-17/h5-9,11H,2-4,10,12H2,1H3,(H,21,23)(H,22,24). The van der Waals surface area contributed by atoms with Gasteiger partial charge in [-0.25, -0.2) is 0 Å². The fraction of sp³-hybridized carbons (Fsp3) is 0.316. The van der Waals surface area contributed by atoms with Crippen LogP contribution in [0.3, 0.4) is 0 Å². The Balaban J connectivity index is 1.41. The lowest BCUT2D eigenvalue weighted by Gasteiger charge is -2.06. The van der Waals surface area contributed by atoms with Crippen molar-refractivity contribution >= 4 is 17.5 Å². The second kappa shape index (κ2) is 7.25. The fourth-order valence-corrected chi connectivity index (χ4v) is 2.78. The van der Waals surface area contributed by atoms with Gasteiger partial charge in [-0.15, -0.1) is 0 Å². The summed E-state index contributed by atoms with van der Waals surface area (Å²) in [5.41, 5.74) is 5.10. The van der Waals surface area contributed by atoms with E-state index in [1.807, 2.05) is 31.2 Å². The molecule has 24 heavy (non-hydrogen) atoms. The first kappa shape index (κ1) is 16.2. The number of carbonyl (C=O) groups is 2. The molecule has 2 amide bonds. The molecule has 2 heterocycles. The van der Waals surface area contributed by atoms with Crippen molar-refractivity contribution in [3.8, 4) is 0 Å². The van der Waals surface area contributed by atoms with Crippen molar-refractivity contribution in [2.75, 3.05) is 5.32 Å². The third-order valence-electron chi connectivity index (χ3n) is 4.13. The smallest absolute Gasteiger partial charge is 0.228 e. The van der Waals surface area contributed by atoms with E-state index in [-0.39, 0.29) is 11.8 Å². The van der Waals surface area contributed by atoms with Crippen molar-refractivity contribution in [1.82, 2.24) is 10.3 Å². The molecular formula is C19H21N3O2. The van der Waals surface area contributed by atoms with E-state index in [4.69, 9.17) is 0 Å². The summed E-state index contributed by atoms with van der Waals surface area (Å²) < 4.78 is 0. The summed E-state index contributed by atoms with van der Waals surface area (Å²) in [7, 11) is 0. The van der Waals surface area contributed by atoms with Crippen LogP contribution in [0.25, 0.3) is 0 Å². The number of hydrogen-bond acceptors (Lipinski definition) is 3. The predicted octanol–water partition coefficient (Wildman–Crippen LogP) is 2.52. The van der Waals surface area contributed by atoms with Crippen molar-refractivity contribution < 1.29 is 9.59 Å². The summed E-state index contributed by atoms with van der Waals surface area (Å²) in [5, 5.41) is 5.75. The summed E-state index contributed by atoms with van der Waals surface area (Å²) in [4.78, 5) is 27.5. The minimum atomic E-state index is 0.0483. The van der Waals surface area contributed by atoms with Gasteiger partial charge in [-0.3, -0.25) is 14.6 Å². The van der Waals surface area contributed by atoms with Gasteiger partial charge < -0.3 is 10.6 Å². The molecule has 1 aromatic carbocycles. The minimum Gasteiger partial charge on any atom is -0.352 e. The van der Waals surface area contributed by atoms with Crippen LogP contribution in [0.1, 0.15) is 35.2 Å². The van der Waals surface area contributed by atoms with Crippen LogP contribution in [0.15, 0.2) is 36.5 Å². The molecule has 0 radical (unpaired) electrons. The number of fused-ring (bicyclic) bond motifs is 1. The minimum absolute atomic E-state index is 0.0483. The number of pyridine rings is 1. The van der Waals surface area contributed by atoms with Crippen molar-refractivity contribution in [2.24, 2.45) is 0 Å². The van der Waals surface area contributed by atoms with Crippen LogP contribution in [0.5, 0.6) is 0 Å². The average molecular weight is 323 g/mol. The average Bonchev–Trinajstić information content (AvgIpc) is 2.93. The van der Waals surface area contributed by atoms with E-state index in [0.29, 0.717) is 19.4 Å². The van der Waals surface area contributed by atoms with Gasteiger partial charge in [0, 0.05) is 30.5 Å². The predicted molar refractivity (Wildman–Crippen MR) is 92.5 cm³/mol. The number of aryl methyl sites for hydroxylation is 2. The first-order valence-corrected chi connectivity index (χ1v) is 8.20. The van der Waals surface area contributed by atoms with Gasteiger partial charge in [0.2, 0.25) is 11.8 Å². The number of benzene rings is 1. The second-order valence-corrected chi connectivity index (χ2v) is 6.15. The maximum Gasteiger partial charge on any atom is 0.228 e. The van der Waals surface area contributed by atoms with Gasteiger partial charge in [-0.1, -0.05) is 18.2 Å². The maximum atomic E-state index is 11.9. The Morgan fingerprint density at radius 1 is 1.25 bits per heavy atom. The highest BCUT2D eigenvalue weighted by Gasteiger charge is 2.17. The molecule has 0 saturated carbocycles. The number of amides is 2. The number of nitrogens with zero attached hydrogens (tertiary/aromatic N) is 1. The Morgan fingerprint density at radius 3 is 2.88 bits per heavy atom. The molecular weight excluding hydrogens is 302 g/mol. The molecule has 3 rings (SSSR count). The third-order valence-corrected chi connectivity index (χ3v) is 4.13. The molecule has 5 nitrogen and oxygen atoms in total. The summed E-state index contributed by atoms with van der Waals surface area (Å²) in [6.45, 7) is 2.45. The van der Waals surface area contributed by atoms with Gasteiger partial charge in [0.15, 0.2) is 0 Å². The molecule has 1 aliphatic heterocycles. The molecule has 5 heteroatoms. The van der Waals surface area contributed by atoms with Gasteiger partial charge in [0.1, 0.15) is 0 Å². The lowest BCUT2D eigenvalue weighted by Crippen LogP contribution is -2.22. The van der Waals surface area contributed by atoms with Gasteiger partial charge in [0.05, 0.1) is 6.42 Å². The van der Waals surface area contributed by atoms with Crippen molar-refractivity contribution in [3.63, 3.8) is 0 Å². The summed E-state index contributed by atoms with van der Waals surface area (Å²) in [5.74, 6) is 0.0979. The van der Waals surface area contributed by atoms with Gasteiger partial charge >= 0.3 is 0 Å². The molecule has 1 aliphatic rings. The Kier molecular flexibility index (Phi) is 4.89. The molecule has 0 bridgehead atoms. The zero-order chi connectivity index (χ0) is 16.9. The van der Waals surface area contributed by atoms with Crippen LogP contribution in [-0.2, 0) is 29.0 Å². The van der Waals surface area contributed by atoms with E-state index in [1.54, 1.807) is 6.20 Å². The molecule has 0 unspecified atom stereocenters. The van der Waals surface area contributed by atoms with Crippen molar-refractivity contribution in [3.05, 3.63) is 58.9 Å². The summed E-state index contributed by atoms with van der Waals surface area (Å²) in [6, 6.07) is 9.93. The molecule has 124 valence electrons. The van der Waals surface area contributed by atoms with Crippen LogP contribution >= 0.6 is 0 Å². The number of anilines is 1. The maximum absolute atomic E-state index is 11.9. The van der Waals surface area contributed by atoms with Gasteiger partial charge in [0.25, 0.3) is 0 Å². The first-order chi connectivity index (χ1) is 11.6. The molecule has 2 aromatic rings. The van der Waals surface area contributed by atoms with Crippen LogP contribution in [0, 0.1) is 6.92 Å². The highest BCUT2D eigenvalue weighted by atomic mass is 16.2. The van der Waals surface area contributed by atoms with E-state index in [0.717, 1.165) is 35.3 Å². The van der Waals surface area contributed by atoms with Crippen molar-refractivity contribution in [2.45, 2.75) is 39.2 Å². The van der Waals surface area contributed by atoms with E-state index >= 15 is 0 Å². The highest BCUT2D eigenvalue weighted by Crippen LogP contribution is 2.24. The highest BCUT2D eigenvalue weighted by molar-refractivity contribution is 5.99. The van der Waals surface area contributed by atoms with E-state index in [2.05, 4.69) is 21.7 Å². The second-order valence-electron chi connectivity index (χ2n) is 6.15. The van der Waals surface area contributed by atoms with E-state index in [1.165, 1.54) is 5.56 Å². The zero-order valence-corrected chi connectivity index (χ0v) is 13.8. The molecule has 0 atom stereocenters. The van der Waals surface area contributed by atoms with Crippen LogP contribution in [0.2, 0.25) is 0 Å². The van der Waals surface area contributed by atoms with Crippen LogP contribution in [-0.4, -0.2) is 16.8 Å². The molecule has 0 fully saturated rings. The zero-order valence-electron chi connectivity index (χ0n) is 13.8. The quantitative estimate of drug-likeness (QED) is 0.858. The Bertz CT molecular complexity index is 754. The van der Waals surface area contributed by atoms with Gasteiger partial charge in [-0.2, -0.15) is 0 Å². The SMILES string of the molecule is Cc1ccc(CNC(=O)CCCc2ccc3c(c2)CC(=O)N3)cn1. The largest absolute Gasteiger partial charge is 0.352 e. The first-order valence-electron chi connectivity index (χ1n) is 8.20. The van der Waals surface area contributed by atoms with Crippen LogP contribution in [0.4, 0.5) is 5.69 Å². The number of rotatable bonds is 6. The normalized spacial score (nSPS) is 12.6. The lowest BCUT2D eigenvalue weighted by molar-refractivity contribution is -0.121. The number of carbonyl (C=O) groups excluding carboxylic acids is 2. The van der Waals surface area contributed by atoms with E-state index in [9.17, 15) is 9.59 Å². The number of hydrogen-bond donors (Lipinski definition) is 2. The Labute approximate surface area is 141 Å². The lowest BCUT2D eigenvalue weighted by atomic mass is 10.0. The Hall–Kier alpha value is -2.69. The topological polar surface area (TPSA) is 71.1 Å². The molecule has 1 aromatic heterocycles.